The van der Waals surface area contributed by atoms with E-state index in [2.05, 4.69) is 13.8 Å². The number of hydrogen-bond acceptors (Lipinski definition) is 2. The average molecular weight is 251 g/mol. The number of halogens is 1. The topological polar surface area (TPSA) is 35.2 Å². The van der Waals surface area contributed by atoms with Gasteiger partial charge in [-0.2, -0.15) is 0 Å². The molecule has 1 fully saturated rings. The molecule has 0 aliphatic heterocycles. The summed E-state index contributed by atoms with van der Waals surface area (Å²) in [6, 6.07) is 3.13. The van der Waals surface area contributed by atoms with E-state index in [1.807, 2.05) is 0 Å². The number of nitrogens with two attached hydrogens (primary N) is 1. The molecule has 1 aliphatic carbocycles. The van der Waals surface area contributed by atoms with E-state index < -0.39 is 0 Å². The van der Waals surface area contributed by atoms with Crippen molar-refractivity contribution < 1.29 is 9.13 Å². The first-order valence-corrected chi connectivity index (χ1v) is 6.62. The smallest absolute Gasteiger partial charge is 0.127 e. The lowest BCUT2D eigenvalue weighted by Gasteiger charge is -2.43. The Morgan fingerprint density at radius 2 is 2.06 bits per heavy atom. The molecular weight excluding hydrogens is 229 g/mol. The lowest BCUT2D eigenvalue weighted by molar-refractivity contribution is 0.248. The Kier molecular flexibility index (Phi) is 3.62. The third-order valence-electron chi connectivity index (χ3n) is 4.18. The van der Waals surface area contributed by atoms with Gasteiger partial charge >= 0.3 is 0 Å². The molecule has 18 heavy (non-hydrogen) atoms. The van der Waals surface area contributed by atoms with Gasteiger partial charge < -0.3 is 10.5 Å². The van der Waals surface area contributed by atoms with E-state index in [1.54, 1.807) is 13.2 Å². The molecule has 0 amide bonds. The highest BCUT2D eigenvalue weighted by Crippen LogP contribution is 2.47. The van der Waals surface area contributed by atoms with Gasteiger partial charge in [0, 0.05) is 23.6 Å². The first-order valence-electron chi connectivity index (χ1n) is 6.62. The van der Waals surface area contributed by atoms with Gasteiger partial charge in [0.25, 0.3) is 0 Å². The molecule has 2 N–H and O–H groups in total. The molecule has 0 radical (unpaired) electrons. The van der Waals surface area contributed by atoms with Crippen LogP contribution in [0.3, 0.4) is 0 Å². The number of methoxy groups -OCH3 is 1. The van der Waals surface area contributed by atoms with Crippen LogP contribution in [0.2, 0.25) is 0 Å². The zero-order valence-corrected chi connectivity index (χ0v) is 11.4. The van der Waals surface area contributed by atoms with Gasteiger partial charge in [-0.1, -0.05) is 20.3 Å². The van der Waals surface area contributed by atoms with Crippen molar-refractivity contribution in [2.75, 3.05) is 13.7 Å². The van der Waals surface area contributed by atoms with Crippen LogP contribution >= 0.6 is 0 Å². The highest BCUT2D eigenvalue weighted by molar-refractivity contribution is 5.48. The SMILES string of the molecule is COc1cc(F)cc(C2(CN)CCC2)c1C(C)C. The zero-order chi connectivity index (χ0) is 13.3. The summed E-state index contributed by atoms with van der Waals surface area (Å²) in [5.74, 6) is 0.727. The first kappa shape index (κ1) is 13.3. The van der Waals surface area contributed by atoms with Gasteiger partial charge in [0.1, 0.15) is 11.6 Å². The first-order chi connectivity index (χ1) is 8.54. The van der Waals surface area contributed by atoms with E-state index in [4.69, 9.17) is 10.5 Å². The van der Waals surface area contributed by atoms with Crippen LogP contribution in [0.5, 0.6) is 5.75 Å². The number of ether oxygens (including phenoxy) is 1. The molecule has 1 aliphatic rings. The third-order valence-corrected chi connectivity index (χ3v) is 4.18. The number of rotatable bonds is 4. The van der Waals surface area contributed by atoms with Crippen molar-refractivity contribution in [3.63, 3.8) is 0 Å². The maximum absolute atomic E-state index is 13.8. The fourth-order valence-electron chi connectivity index (χ4n) is 2.98. The fourth-order valence-corrected chi connectivity index (χ4v) is 2.98. The summed E-state index contributed by atoms with van der Waals surface area (Å²) in [4.78, 5) is 0. The molecule has 1 saturated carbocycles. The van der Waals surface area contributed by atoms with Gasteiger partial charge in [0.2, 0.25) is 0 Å². The van der Waals surface area contributed by atoms with Gasteiger partial charge in [-0.05, 0) is 30.4 Å². The Morgan fingerprint density at radius 3 is 2.44 bits per heavy atom. The van der Waals surface area contributed by atoms with E-state index in [-0.39, 0.29) is 11.2 Å². The molecule has 0 unspecified atom stereocenters. The molecule has 3 heteroatoms. The van der Waals surface area contributed by atoms with Crippen molar-refractivity contribution in [3.05, 3.63) is 29.1 Å². The Hall–Kier alpha value is -1.09. The maximum Gasteiger partial charge on any atom is 0.127 e. The molecule has 1 aromatic rings. The standard InChI is InChI=1S/C15H22FNO/c1-10(2)14-12(15(9-17)5-4-6-15)7-11(16)8-13(14)18-3/h7-8,10H,4-6,9,17H2,1-3H3. The molecular formula is C15H22FNO. The lowest BCUT2D eigenvalue weighted by Crippen LogP contribution is -2.42. The van der Waals surface area contributed by atoms with E-state index in [0.717, 1.165) is 24.0 Å². The monoisotopic (exact) mass is 251 g/mol. The second-order valence-corrected chi connectivity index (χ2v) is 5.56. The van der Waals surface area contributed by atoms with Gasteiger partial charge in [-0.25, -0.2) is 4.39 Å². The summed E-state index contributed by atoms with van der Waals surface area (Å²) in [6.07, 6.45) is 3.28. The van der Waals surface area contributed by atoms with Crippen molar-refractivity contribution in [2.24, 2.45) is 5.73 Å². The quantitative estimate of drug-likeness (QED) is 0.890. The molecule has 0 bridgehead atoms. The van der Waals surface area contributed by atoms with Crippen molar-refractivity contribution in [1.29, 1.82) is 0 Å². The fraction of sp³-hybridized carbons (Fsp3) is 0.600. The van der Waals surface area contributed by atoms with Crippen molar-refractivity contribution in [3.8, 4) is 5.75 Å². The summed E-state index contributed by atoms with van der Waals surface area (Å²) in [5.41, 5.74) is 8.09. The number of benzene rings is 1. The average Bonchev–Trinajstić information content (AvgIpc) is 2.27. The highest BCUT2D eigenvalue weighted by Gasteiger charge is 2.40. The minimum Gasteiger partial charge on any atom is -0.496 e. The number of hydrogen-bond donors (Lipinski definition) is 1. The molecule has 0 heterocycles. The van der Waals surface area contributed by atoms with Crippen LogP contribution < -0.4 is 10.5 Å². The third kappa shape index (κ3) is 2.01. The van der Waals surface area contributed by atoms with E-state index in [9.17, 15) is 4.39 Å². The maximum atomic E-state index is 13.8. The van der Waals surface area contributed by atoms with Gasteiger partial charge in [-0.3, -0.25) is 0 Å². The van der Waals surface area contributed by atoms with Crippen molar-refractivity contribution >= 4 is 0 Å². The molecule has 1 aromatic carbocycles. The molecule has 2 nitrogen and oxygen atoms in total. The van der Waals surface area contributed by atoms with Crippen LogP contribution in [0.25, 0.3) is 0 Å². The van der Waals surface area contributed by atoms with Gasteiger partial charge in [0.15, 0.2) is 0 Å². The Labute approximate surface area is 108 Å². The van der Waals surface area contributed by atoms with Crippen LogP contribution in [-0.2, 0) is 5.41 Å². The summed E-state index contributed by atoms with van der Waals surface area (Å²) in [7, 11) is 1.60. The minimum absolute atomic E-state index is 0.0328. The van der Waals surface area contributed by atoms with E-state index in [1.165, 1.54) is 12.5 Å². The van der Waals surface area contributed by atoms with E-state index in [0.29, 0.717) is 18.2 Å². The second-order valence-electron chi connectivity index (χ2n) is 5.56. The van der Waals surface area contributed by atoms with Crippen molar-refractivity contribution in [1.82, 2.24) is 0 Å². The lowest BCUT2D eigenvalue weighted by atomic mass is 9.62. The van der Waals surface area contributed by atoms with E-state index >= 15 is 0 Å². The summed E-state index contributed by atoms with van der Waals surface area (Å²) in [6.45, 7) is 4.81. The molecule has 2 rings (SSSR count). The van der Waals surface area contributed by atoms with Crippen LogP contribution in [0, 0.1) is 5.82 Å². The van der Waals surface area contributed by atoms with Crippen LogP contribution in [-0.4, -0.2) is 13.7 Å². The van der Waals surface area contributed by atoms with Crippen LogP contribution in [0.15, 0.2) is 12.1 Å². The molecule has 0 atom stereocenters. The highest BCUT2D eigenvalue weighted by atomic mass is 19.1. The summed E-state index contributed by atoms with van der Waals surface area (Å²) in [5, 5.41) is 0. The Bertz CT molecular complexity index is 433. The summed E-state index contributed by atoms with van der Waals surface area (Å²) >= 11 is 0. The minimum atomic E-state index is -0.231. The normalized spacial score (nSPS) is 17.7. The molecule has 0 saturated heterocycles. The predicted molar refractivity (Wildman–Crippen MR) is 71.6 cm³/mol. The Morgan fingerprint density at radius 1 is 1.39 bits per heavy atom. The summed E-state index contributed by atoms with van der Waals surface area (Å²) < 4.78 is 19.1. The largest absolute Gasteiger partial charge is 0.496 e. The zero-order valence-electron chi connectivity index (χ0n) is 11.4. The molecule has 0 spiro atoms. The van der Waals surface area contributed by atoms with Crippen LogP contribution in [0.4, 0.5) is 4.39 Å². The van der Waals surface area contributed by atoms with Crippen molar-refractivity contribution in [2.45, 2.75) is 44.4 Å². The van der Waals surface area contributed by atoms with Gasteiger partial charge in [0.05, 0.1) is 7.11 Å². The molecule has 100 valence electrons. The second kappa shape index (κ2) is 4.88. The predicted octanol–water partition coefficient (Wildman–Crippen LogP) is 3.34. The van der Waals surface area contributed by atoms with Crippen LogP contribution in [0.1, 0.15) is 50.2 Å². The Balaban J connectivity index is 2.60. The molecule has 0 aromatic heterocycles. The van der Waals surface area contributed by atoms with Gasteiger partial charge in [-0.15, -0.1) is 0 Å².